The highest BCUT2D eigenvalue weighted by Crippen LogP contribution is 2.20. The lowest BCUT2D eigenvalue weighted by molar-refractivity contribution is 0.0944. The second-order valence-electron chi connectivity index (χ2n) is 4.87. The summed E-state index contributed by atoms with van der Waals surface area (Å²) in [6.45, 7) is 0.815. The predicted molar refractivity (Wildman–Crippen MR) is 104 cm³/mol. The summed E-state index contributed by atoms with van der Waals surface area (Å²) in [7, 11) is -2.07. The second kappa shape index (κ2) is 9.48. The molecule has 2 rings (SSSR count). The van der Waals surface area contributed by atoms with Crippen LogP contribution in [0.1, 0.15) is 10.4 Å². The van der Waals surface area contributed by atoms with Crippen molar-refractivity contribution in [3.63, 3.8) is 0 Å². The summed E-state index contributed by atoms with van der Waals surface area (Å²) in [4.78, 5) is 16.0. The van der Waals surface area contributed by atoms with E-state index < -0.39 is 15.9 Å². The number of nitrogens with one attached hydrogen (secondary N) is 3. The molecule has 0 atom stereocenters. The molecule has 0 bridgehead atoms. The molecule has 1 aromatic carbocycles. The third-order valence-electron chi connectivity index (χ3n) is 2.99. The third kappa shape index (κ3) is 5.95. The van der Waals surface area contributed by atoms with Crippen molar-refractivity contribution in [3.05, 3.63) is 47.3 Å². The van der Waals surface area contributed by atoms with Crippen molar-refractivity contribution < 1.29 is 17.9 Å². The van der Waals surface area contributed by atoms with Crippen molar-refractivity contribution in [2.45, 2.75) is 4.21 Å². The minimum Gasteiger partial charge on any atom is -0.741 e. The summed E-state index contributed by atoms with van der Waals surface area (Å²) in [5.74, 6) is -0.429. The van der Waals surface area contributed by atoms with Crippen LogP contribution in [0.25, 0.3) is 0 Å². The van der Waals surface area contributed by atoms with Gasteiger partial charge in [-0.3, -0.25) is 19.9 Å². The van der Waals surface area contributed by atoms with E-state index in [-0.39, 0.29) is 9.38 Å². The molecule has 8 nitrogen and oxygen atoms in total. The molecule has 3 N–H and O–H groups in total. The molecule has 0 aliphatic rings. The molecule has 0 radical (unpaired) electrons. The molecule has 2 aromatic rings. The van der Waals surface area contributed by atoms with Gasteiger partial charge in [0.05, 0.1) is 13.2 Å². The van der Waals surface area contributed by atoms with Gasteiger partial charge in [-0.15, -0.1) is 11.3 Å². The number of rotatable bonds is 7. The molecule has 140 valence electrons. The van der Waals surface area contributed by atoms with Gasteiger partial charge in [0.1, 0.15) is 4.21 Å². The fraction of sp³-hybridized carbons (Fsp3) is 0.200. The van der Waals surface area contributed by atoms with Crippen molar-refractivity contribution >= 4 is 50.8 Å². The topological polar surface area (TPSA) is 109 Å². The number of anilines is 1. The molecular formula is C15H17N4O4S3-. The molecule has 0 saturated heterocycles. The molecule has 11 heteroatoms. The maximum absolute atomic E-state index is 12.1. The molecular weight excluding hydrogens is 396 g/mol. The van der Waals surface area contributed by atoms with Crippen molar-refractivity contribution in [3.8, 4) is 0 Å². The predicted octanol–water partition coefficient (Wildman–Crippen LogP) is 1.33. The number of benzene rings is 1. The Labute approximate surface area is 161 Å². The Morgan fingerprint density at radius 1 is 1.23 bits per heavy atom. The van der Waals surface area contributed by atoms with Crippen molar-refractivity contribution in [2.24, 2.45) is 4.99 Å². The minimum absolute atomic E-state index is 0.135. The van der Waals surface area contributed by atoms with Gasteiger partial charge in [-0.05, 0) is 40.9 Å². The summed E-state index contributed by atoms with van der Waals surface area (Å²) < 4.78 is 31.8. The molecule has 26 heavy (non-hydrogen) atoms. The number of methoxy groups -OCH3 is 1. The van der Waals surface area contributed by atoms with E-state index >= 15 is 0 Å². The van der Waals surface area contributed by atoms with Crippen LogP contribution < -0.4 is 15.6 Å². The van der Waals surface area contributed by atoms with Crippen molar-refractivity contribution in [2.75, 3.05) is 25.0 Å². The van der Waals surface area contributed by atoms with Crippen LogP contribution in [0.2, 0.25) is 0 Å². The summed E-state index contributed by atoms with van der Waals surface area (Å²) in [5, 5.41) is 1.82. The van der Waals surface area contributed by atoms with Crippen LogP contribution in [0, 0.1) is 0 Å². The number of sulfonamides is 1. The van der Waals surface area contributed by atoms with Gasteiger partial charge in [-0.25, -0.2) is 8.42 Å². The van der Waals surface area contributed by atoms with Crippen LogP contribution in [0.3, 0.4) is 0 Å². The summed E-state index contributed by atoms with van der Waals surface area (Å²) in [5.41, 5.74) is 5.61. The summed E-state index contributed by atoms with van der Waals surface area (Å²) >= 11 is 6.05. The van der Waals surface area contributed by atoms with Crippen LogP contribution >= 0.6 is 11.3 Å². The van der Waals surface area contributed by atoms with Gasteiger partial charge in [-0.1, -0.05) is 6.07 Å². The lowest BCUT2D eigenvalue weighted by Gasteiger charge is -2.15. The number of hydrogen-bond acceptors (Lipinski definition) is 7. The zero-order chi connectivity index (χ0) is 19.0. The van der Waals surface area contributed by atoms with E-state index in [0.29, 0.717) is 24.4 Å². The molecule has 1 heterocycles. The highest BCUT2D eigenvalue weighted by atomic mass is 32.2. The fourth-order valence-electron chi connectivity index (χ4n) is 1.77. The van der Waals surface area contributed by atoms with Gasteiger partial charge in [0.2, 0.25) is 0 Å². The Bertz CT molecular complexity index is 850. The first kappa shape index (κ1) is 20.1. The number of amides is 1. The summed E-state index contributed by atoms with van der Waals surface area (Å²) in [6, 6.07) is 9.16. The van der Waals surface area contributed by atoms with Crippen LogP contribution in [-0.2, 0) is 27.4 Å². The van der Waals surface area contributed by atoms with Gasteiger partial charge in [0.15, 0.2) is 0 Å². The standard InChI is InChI=1S/C15H18N4O4S3/c1-23-9-8-16-15(24)18-17-14(20)11-4-6-12(7-5-11)19-26(21,22)13-3-2-10-25-13/h2-7,10,19H,8-9H2,1H3,(H,17,20)(H2,16,18,24)/p-1. The van der Waals surface area contributed by atoms with E-state index in [2.05, 4.69) is 20.6 Å². The van der Waals surface area contributed by atoms with E-state index in [4.69, 9.17) is 17.4 Å². The quantitative estimate of drug-likeness (QED) is 0.208. The number of nitrogens with zero attached hydrogens (tertiary/aromatic N) is 1. The monoisotopic (exact) mass is 413 g/mol. The largest absolute Gasteiger partial charge is 0.741 e. The Hall–Kier alpha value is -2.21. The van der Waals surface area contributed by atoms with E-state index in [1.807, 2.05) is 0 Å². The number of thiophene rings is 1. The number of carbonyl (C=O) groups is 1. The van der Waals surface area contributed by atoms with Gasteiger partial charge < -0.3 is 22.8 Å². The van der Waals surface area contributed by atoms with E-state index in [9.17, 15) is 13.2 Å². The normalized spacial score (nSPS) is 11.8. The minimum atomic E-state index is -3.62. The molecule has 0 spiro atoms. The smallest absolute Gasteiger partial charge is 0.271 e. The second-order valence-corrected chi connectivity index (χ2v) is 8.12. The Morgan fingerprint density at radius 3 is 2.58 bits per heavy atom. The van der Waals surface area contributed by atoms with Crippen LogP contribution in [0.15, 0.2) is 51.0 Å². The SMILES string of the molecule is COCCN=C([S-])NNC(=O)c1ccc(NS(=O)(=O)c2cccs2)cc1. The van der Waals surface area contributed by atoms with Gasteiger partial charge in [0, 0.05) is 18.4 Å². The van der Waals surface area contributed by atoms with Crippen molar-refractivity contribution in [1.29, 1.82) is 0 Å². The fourth-order valence-corrected chi connectivity index (χ4v) is 3.97. The van der Waals surface area contributed by atoms with E-state index in [1.54, 1.807) is 18.6 Å². The number of amidine groups is 1. The van der Waals surface area contributed by atoms with Gasteiger partial charge in [0.25, 0.3) is 15.9 Å². The van der Waals surface area contributed by atoms with E-state index in [1.165, 1.54) is 30.3 Å². The van der Waals surface area contributed by atoms with Crippen LogP contribution in [0.4, 0.5) is 5.69 Å². The maximum Gasteiger partial charge on any atom is 0.271 e. The highest BCUT2D eigenvalue weighted by Gasteiger charge is 2.15. The first-order valence-electron chi connectivity index (χ1n) is 7.35. The third-order valence-corrected chi connectivity index (χ3v) is 6.00. The number of carbonyl (C=O) groups excluding carboxylic acids is 1. The average Bonchev–Trinajstić information content (AvgIpc) is 3.16. The Balaban J connectivity index is 1.92. The number of aliphatic imine (C=N–C) groups is 1. The summed E-state index contributed by atoms with van der Waals surface area (Å²) in [6.07, 6.45) is 0. The molecule has 0 unspecified atom stereocenters. The molecule has 1 amide bonds. The van der Waals surface area contributed by atoms with Crippen LogP contribution in [-0.4, -0.2) is 39.8 Å². The number of hydrogen-bond donors (Lipinski definition) is 3. The molecule has 0 saturated carbocycles. The Kier molecular flexibility index (Phi) is 7.33. The lowest BCUT2D eigenvalue weighted by Crippen LogP contribution is -2.41. The average molecular weight is 414 g/mol. The molecule has 1 aromatic heterocycles. The molecule has 0 aliphatic carbocycles. The zero-order valence-electron chi connectivity index (χ0n) is 13.8. The molecule has 0 fully saturated rings. The van der Waals surface area contributed by atoms with Gasteiger partial charge >= 0.3 is 0 Å². The number of ether oxygens (including phenoxy) is 1. The maximum atomic E-state index is 12.1. The number of hydrazine groups is 1. The highest BCUT2D eigenvalue weighted by molar-refractivity contribution is 7.94. The van der Waals surface area contributed by atoms with E-state index in [0.717, 1.165) is 11.3 Å². The Morgan fingerprint density at radius 2 is 1.96 bits per heavy atom. The van der Waals surface area contributed by atoms with Crippen LogP contribution in [0.5, 0.6) is 0 Å². The van der Waals surface area contributed by atoms with Crippen molar-refractivity contribution in [1.82, 2.24) is 10.9 Å². The first-order chi connectivity index (χ1) is 12.4. The zero-order valence-corrected chi connectivity index (χ0v) is 16.2. The van der Waals surface area contributed by atoms with Gasteiger partial charge in [-0.2, -0.15) is 0 Å². The first-order valence-corrected chi connectivity index (χ1v) is 10.1. The molecule has 0 aliphatic heterocycles. The lowest BCUT2D eigenvalue weighted by atomic mass is 10.2.